The van der Waals surface area contributed by atoms with E-state index in [-0.39, 0.29) is 6.10 Å². The van der Waals surface area contributed by atoms with Crippen molar-refractivity contribution in [2.24, 2.45) is 0 Å². The maximum Gasteiger partial charge on any atom is 0.108 e. The molecule has 20 heavy (non-hydrogen) atoms. The molecule has 0 aliphatic rings. The minimum Gasteiger partial charge on any atom is -0.363 e. The van der Waals surface area contributed by atoms with Crippen LogP contribution in [0.4, 0.5) is 0 Å². The lowest BCUT2D eigenvalue weighted by atomic mass is 9.97. The van der Waals surface area contributed by atoms with Crippen LogP contribution in [0.25, 0.3) is 0 Å². The molecule has 0 saturated carbocycles. The molecule has 2 heteroatoms. The zero-order valence-electron chi connectivity index (χ0n) is 12.6. The Morgan fingerprint density at radius 2 is 1.60 bits per heavy atom. The number of likely N-dealkylation sites (N-methyl/N-ethyl adjacent to an activating group) is 1. The number of hydrogen-bond acceptors (Lipinski definition) is 1. The molecule has 1 atom stereocenters. The van der Waals surface area contributed by atoms with Gasteiger partial charge in [-0.25, -0.2) is 0 Å². The van der Waals surface area contributed by atoms with Gasteiger partial charge in [-0.2, -0.15) is 0 Å². The monoisotopic (exact) mass is 270 g/mol. The lowest BCUT2D eigenvalue weighted by molar-refractivity contribution is -0.858. The maximum absolute atomic E-state index is 6.19. The van der Waals surface area contributed by atoms with Gasteiger partial charge in [0.2, 0.25) is 0 Å². The zero-order chi connectivity index (χ0) is 14.4. The summed E-state index contributed by atoms with van der Waals surface area (Å²) in [5.41, 5.74) is 3.75. The fourth-order valence-electron chi connectivity index (χ4n) is 2.26. The van der Waals surface area contributed by atoms with Gasteiger partial charge in [0.1, 0.15) is 12.6 Å². The van der Waals surface area contributed by atoms with Crippen molar-refractivity contribution in [2.45, 2.75) is 13.0 Å². The molecule has 0 aromatic heterocycles. The summed E-state index contributed by atoms with van der Waals surface area (Å²) in [6, 6.07) is 18.9. The number of benzene rings is 2. The zero-order valence-corrected chi connectivity index (χ0v) is 12.6. The van der Waals surface area contributed by atoms with Crippen LogP contribution in [-0.4, -0.2) is 27.2 Å². The molecule has 0 fully saturated rings. The molecular weight excluding hydrogens is 246 g/mol. The quantitative estimate of drug-likeness (QED) is 0.850. The highest BCUT2D eigenvalue weighted by atomic mass is 16.5. The molecule has 0 radical (unpaired) electrons. The Morgan fingerprint density at radius 1 is 0.950 bits per heavy atom. The van der Waals surface area contributed by atoms with Crippen LogP contribution in [0.5, 0.6) is 0 Å². The summed E-state index contributed by atoms with van der Waals surface area (Å²) in [4.78, 5) is 1.40. The molecule has 106 valence electrons. The second-order valence-electron chi connectivity index (χ2n) is 5.48. The van der Waals surface area contributed by atoms with Crippen LogP contribution in [0.3, 0.4) is 0 Å². The first-order chi connectivity index (χ1) is 9.68. The van der Waals surface area contributed by atoms with Crippen LogP contribution in [0, 0.1) is 6.92 Å². The molecule has 0 amide bonds. The van der Waals surface area contributed by atoms with Gasteiger partial charge in [-0.3, -0.25) is 0 Å². The highest BCUT2D eigenvalue weighted by Crippen LogP contribution is 2.27. The Kier molecular flexibility index (Phi) is 5.33. The molecule has 1 N–H and O–H groups in total. The summed E-state index contributed by atoms with van der Waals surface area (Å²) in [6.45, 7) is 3.91. The lowest BCUT2D eigenvalue weighted by Crippen LogP contribution is -3.06. The first kappa shape index (κ1) is 14.8. The SMILES string of the molecule is Cc1ccccc1[C@H](OCC[NH+](C)C)c1ccccc1. The fraction of sp³-hybridized carbons (Fsp3) is 0.333. The molecule has 0 heterocycles. The molecule has 2 rings (SSSR count). The normalized spacial score (nSPS) is 12.6. The van der Waals surface area contributed by atoms with E-state index in [1.54, 1.807) is 0 Å². The summed E-state index contributed by atoms with van der Waals surface area (Å²) < 4.78 is 6.19. The van der Waals surface area contributed by atoms with E-state index in [0.717, 1.165) is 13.2 Å². The third kappa shape index (κ3) is 3.92. The van der Waals surface area contributed by atoms with Gasteiger partial charge in [-0.15, -0.1) is 0 Å². The summed E-state index contributed by atoms with van der Waals surface area (Å²) in [6.07, 6.45) is 0.0248. The van der Waals surface area contributed by atoms with E-state index in [9.17, 15) is 0 Å². The van der Waals surface area contributed by atoms with Crippen molar-refractivity contribution in [3.8, 4) is 0 Å². The highest BCUT2D eigenvalue weighted by molar-refractivity contribution is 5.35. The van der Waals surface area contributed by atoms with E-state index in [4.69, 9.17) is 4.74 Å². The summed E-state index contributed by atoms with van der Waals surface area (Å²) >= 11 is 0. The van der Waals surface area contributed by atoms with Crippen LogP contribution < -0.4 is 4.90 Å². The van der Waals surface area contributed by atoms with Crippen LogP contribution in [0.2, 0.25) is 0 Å². The summed E-state index contributed by atoms with van der Waals surface area (Å²) in [5.74, 6) is 0. The molecule has 0 unspecified atom stereocenters. The molecule has 2 aromatic rings. The van der Waals surface area contributed by atoms with Crippen LogP contribution >= 0.6 is 0 Å². The standard InChI is InChI=1S/C18H23NO/c1-15-9-7-8-12-17(15)18(20-14-13-19(2)3)16-10-5-4-6-11-16/h4-12,18H,13-14H2,1-3H3/p+1/t18-/m1/s1. The van der Waals surface area contributed by atoms with Crippen LogP contribution in [0.1, 0.15) is 22.8 Å². The molecule has 2 nitrogen and oxygen atoms in total. The molecule has 0 saturated heterocycles. The molecule has 2 aromatic carbocycles. The minimum absolute atomic E-state index is 0.0248. The Labute approximate surface area is 122 Å². The smallest absolute Gasteiger partial charge is 0.108 e. The van der Waals surface area contributed by atoms with E-state index < -0.39 is 0 Å². The largest absolute Gasteiger partial charge is 0.363 e. The van der Waals surface area contributed by atoms with Crippen LogP contribution in [0.15, 0.2) is 54.6 Å². The van der Waals surface area contributed by atoms with Gasteiger partial charge < -0.3 is 9.64 Å². The van der Waals surface area contributed by atoms with E-state index in [2.05, 4.69) is 69.6 Å². The predicted molar refractivity (Wildman–Crippen MR) is 83.1 cm³/mol. The van der Waals surface area contributed by atoms with Crippen molar-refractivity contribution in [1.82, 2.24) is 0 Å². The van der Waals surface area contributed by atoms with Crippen molar-refractivity contribution in [3.05, 3.63) is 71.3 Å². The second kappa shape index (κ2) is 7.22. The lowest BCUT2D eigenvalue weighted by Gasteiger charge is -2.21. The third-order valence-corrected chi connectivity index (χ3v) is 3.46. The maximum atomic E-state index is 6.19. The Balaban J connectivity index is 2.23. The molecule has 0 bridgehead atoms. The number of rotatable bonds is 6. The fourth-order valence-corrected chi connectivity index (χ4v) is 2.26. The predicted octanol–water partition coefficient (Wildman–Crippen LogP) is 2.25. The van der Waals surface area contributed by atoms with Crippen molar-refractivity contribution < 1.29 is 9.64 Å². The second-order valence-corrected chi connectivity index (χ2v) is 5.48. The number of ether oxygens (including phenoxy) is 1. The summed E-state index contributed by atoms with van der Waals surface area (Å²) in [5, 5.41) is 0. The van der Waals surface area contributed by atoms with Gasteiger partial charge in [0.05, 0.1) is 20.7 Å². The summed E-state index contributed by atoms with van der Waals surface area (Å²) in [7, 11) is 4.29. The molecule has 0 aliphatic heterocycles. The highest BCUT2D eigenvalue weighted by Gasteiger charge is 2.16. The van der Waals surface area contributed by atoms with E-state index in [1.165, 1.54) is 21.6 Å². The van der Waals surface area contributed by atoms with Gasteiger partial charge in [0.25, 0.3) is 0 Å². The Hall–Kier alpha value is -1.64. The van der Waals surface area contributed by atoms with Gasteiger partial charge in [0.15, 0.2) is 0 Å². The number of aryl methyl sites for hydroxylation is 1. The number of hydrogen-bond donors (Lipinski definition) is 1. The van der Waals surface area contributed by atoms with Crippen molar-refractivity contribution >= 4 is 0 Å². The Bertz CT molecular complexity index is 522. The number of quaternary nitrogens is 1. The van der Waals surface area contributed by atoms with Gasteiger partial charge in [-0.05, 0) is 23.6 Å². The van der Waals surface area contributed by atoms with Gasteiger partial charge in [-0.1, -0.05) is 54.6 Å². The van der Waals surface area contributed by atoms with Crippen molar-refractivity contribution in [2.75, 3.05) is 27.2 Å². The molecule has 0 aliphatic carbocycles. The molecular formula is C18H24NO+. The van der Waals surface area contributed by atoms with Crippen LogP contribution in [-0.2, 0) is 4.74 Å². The van der Waals surface area contributed by atoms with E-state index in [1.807, 2.05) is 6.07 Å². The van der Waals surface area contributed by atoms with Gasteiger partial charge >= 0.3 is 0 Å². The third-order valence-electron chi connectivity index (χ3n) is 3.46. The van der Waals surface area contributed by atoms with E-state index in [0.29, 0.717) is 0 Å². The molecule has 0 spiro atoms. The average molecular weight is 270 g/mol. The first-order valence-corrected chi connectivity index (χ1v) is 7.19. The minimum atomic E-state index is 0.0248. The Morgan fingerprint density at radius 3 is 2.25 bits per heavy atom. The average Bonchev–Trinajstić information content (AvgIpc) is 2.45. The first-order valence-electron chi connectivity index (χ1n) is 7.19. The van der Waals surface area contributed by atoms with Crippen molar-refractivity contribution in [3.63, 3.8) is 0 Å². The van der Waals surface area contributed by atoms with Gasteiger partial charge in [0, 0.05) is 0 Å². The topological polar surface area (TPSA) is 13.7 Å². The van der Waals surface area contributed by atoms with E-state index >= 15 is 0 Å². The van der Waals surface area contributed by atoms with Crippen molar-refractivity contribution in [1.29, 1.82) is 0 Å². The number of nitrogens with one attached hydrogen (secondary N) is 1.